The molecule has 1 atom stereocenters. The van der Waals surface area contributed by atoms with E-state index in [1.54, 1.807) is 7.11 Å². The molecule has 0 heterocycles. The van der Waals surface area contributed by atoms with Gasteiger partial charge < -0.3 is 4.74 Å². The van der Waals surface area contributed by atoms with Crippen LogP contribution >= 0.6 is 0 Å². The Hall–Kier alpha value is -0.0400. The number of rotatable bonds is 4. The summed E-state index contributed by atoms with van der Waals surface area (Å²) >= 11 is 0. The lowest BCUT2D eigenvalue weighted by Crippen LogP contribution is -2.03. The van der Waals surface area contributed by atoms with Gasteiger partial charge in [-0.15, -0.1) is 0 Å². The Labute approximate surface area is 57.4 Å². The average Bonchev–Trinajstić information content (AvgIpc) is 2.65. The van der Waals surface area contributed by atoms with E-state index in [1.807, 2.05) is 0 Å². The fourth-order valence-electron chi connectivity index (χ4n) is 0.995. The first kappa shape index (κ1) is 7.07. The maximum absolute atomic E-state index is 5.13. The zero-order valence-electron chi connectivity index (χ0n) is 6.39. The van der Waals surface area contributed by atoms with Gasteiger partial charge in [0.25, 0.3) is 0 Å². The van der Waals surface area contributed by atoms with Gasteiger partial charge in [0.05, 0.1) is 6.10 Å². The van der Waals surface area contributed by atoms with E-state index in [4.69, 9.17) is 4.74 Å². The van der Waals surface area contributed by atoms with E-state index in [1.165, 1.54) is 25.7 Å². The molecule has 9 heavy (non-hydrogen) atoms. The number of hydrogen-bond acceptors (Lipinski definition) is 1. The van der Waals surface area contributed by atoms with Crippen LogP contribution in [0, 0.1) is 5.92 Å². The van der Waals surface area contributed by atoms with Gasteiger partial charge in [-0.3, -0.25) is 0 Å². The molecular formula is C8H16O. The summed E-state index contributed by atoms with van der Waals surface area (Å²) in [6.07, 6.45) is 6.05. The summed E-state index contributed by atoms with van der Waals surface area (Å²) in [7, 11) is 1.79. The smallest absolute Gasteiger partial charge is 0.0543 e. The Balaban J connectivity index is 1.90. The number of hydrogen-bond donors (Lipinski definition) is 0. The first-order valence-corrected chi connectivity index (χ1v) is 3.85. The van der Waals surface area contributed by atoms with Crippen LogP contribution in [0.2, 0.25) is 0 Å². The van der Waals surface area contributed by atoms with Crippen LogP contribution in [0.15, 0.2) is 0 Å². The Morgan fingerprint density at radius 1 is 1.56 bits per heavy atom. The van der Waals surface area contributed by atoms with E-state index in [-0.39, 0.29) is 0 Å². The van der Waals surface area contributed by atoms with Crippen molar-refractivity contribution in [1.82, 2.24) is 0 Å². The molecule has 1 fully saturated rings. The number of methoxy groups -OCH3 is 1. The molecule has 1 saturated carbocycles. The predicted octanol–water partition coefficient (Wildman–Crippen LogP) is 2.21. The maximum atomic E-state index is 5.13. The molecule has 54 valence electrons. The van der Waals surface area contributed by atoms with Crippen LogP contribution in [0.25, 0.3) is 0 Å². The first-order chi connectivity index (χ1) is 4.33. The van der Waals surface area contributed by atoms with Crippen LogP contribution in [0.4, 0.5) is 0 Å². The van der Waals surface area contributed by atoms with E-state index in [0.29, 0.717) is 6.10 Å². The largest absolute Gasteiger partial charge is 0.382 e. The summed E-state index contributed by atoms with van der Waals surface area (Å²) in [5.41, 5.74) is 0. The summed E-state index contributed by atoms with van der Waals surface area (Å²) in [4.78, 5) is 0. The van der Waals surface area contributed by atoms with Crippen molar-refractivity contribution in [2.45, 2.75) is 38.7 Å². The standard InChI is InChI=1S/C8H16O/c1-7(9-2)3-4-8-5-6-8/h7-8H,3-6H2,1-2H3. The van der Waals surface area contributed by atoms with Crippen LogP contribution in [-0.4, -0.2) is 13.2 Å². The van der Waals surface area contributed by atoms with Gasteiger partial charge >= 0.3 is 0 Å². The van der Waals surface area contributed by atoms with Gasteiger partial charge in [-0.2, -0.15) is 0 Å². The molecule has 1 aliphatic carbocycles. The zero-order chi connectivity index (χ0) is 6.69. The molecule has 0 saturated heterocycles. The van der Waals surface area contributed by atoms with Crippen molar-refractivity contribution in [2.24, 2.45) is 5.92 Å². The van der Waals surface area contributed by atoms with E-state index in [9.17, 15) is 0 Å². The van der Waals surface area contributed by atoms with Gasteiger partial charge in [0.1, 0.15) is 0 Å². The molecule has 0 amide bonds. The Morgan fingerprint density at radius 3 is 2.67 bits per heavy atom. The zero-order valence-corrected chi connectivity index (χ0v) is 6.39. The number of ether oxygens (including phenoxy) is 1. The van der Waals surface area contributed by atoms with Crippen LogP contribution in [0.5, 0.6) is 0 Å². The molecule has 0 N–H and O–H groups in total. The monoisotopic (exact) mass is 128 g/mol. The lowest BCUT2D eigenvalue weighted by molar-refractivity contribution is 0.107. The summed E-state index contributed by atoms with van der Waals surface area (Å²) in [6.45, 7) is 2.14. The second-order valence-electron chi connectivity index (χ2n) is 3.07. The summed E-state index contributed by atoms with van der Waals surface area (Å²) in [5, 5.41) is 0. The molecule has 1 nitrogen and oxygen atoms in total. The lowest BCUT2D eigenvalue weighted by Gasteiger charge is -2.06. The van der Waals surface area contributed by atoms with Gasteiger partial charge in [0.15, 0.2) is 0 Å². The SMILES string of the molecule is COC(C)CCC1CC1. The van der Waals surface area contributed by atoms with Crippen molar-refractivity contribution in [3.05, 3.63) is 0 Å². The average molecular weight is 128 g/mol. The molecule has 1 heteroatoms. The van der Waals surface area contributed by atoms with E-state index < -0.39 is 0 Å². The van der Waals surface area contributed by atoms with Crippen LogP contribution in [0.1, 0.15) is 32.6 Å². The van der Waals surface area contributed by atoms with Gasteiger partial charge in [-0.05, 0) is 25.7 Å². The first-order valence-electron chi connectivity index (χ1n) is 3.85. The molecule has 1 aliphatic rings. The molecule has 0 aromatic heterocycles. The van der Waals surface area contributed by atoms with E-state index >= 15 is 0 Å². The predicted molar refractivity (Wildman–Crippen MR) is 38.4 cm³/mol. The van der Waals surface area contributed by atoms with Crippen molar-refractivity contribution in [2.75, 3.05) is 7.11 Å². The molecule has 1 rings (SSSR count). The molecule has 0 bridgehead atoms. The van der Waals surface area contributed by atoms with Gasteiger partial charge in [0, 0.05) is 7.11 Å². The summed E-state index contributed by atoms with van der Waals surface area (Å²) in [6, 6.07) is 0. The van der Waals surface area contributed by atoms with Crippen molar-refractivity contribution < 1.29 is 4.74 Å². The van der Waals surface area contributed by atoms with Gasteiger partial charge in [0.2, 0.25) is 0 Å². The Morgan fingerprint density at radius 2 is 2.22 bits per heavy atom. The normalized spacial score (nSPS) is 22.0. The Kier molecular flexibility index (Phi) is 2.52. The third kappa shape index (κ3) is 2.85. The molecule has 0 spiro atoms. The maximum Gasteiger partial charge on any atom is 0.0543 e. The second kappa shape index (κ2) is 3.21. The second-order valence-corrected chi connectivity index (χ2v) is 3.07. The lowest BCUT2D eigenvalue weighted by atomic mass is 10.1. The molecule has 0 aliphatic heterocycles. The molecule has 0 aromatic carbocycles. The van der Waals surface area contributed by atoms with E-state index in [0.717, 1.165) is 5.92 Å². The minimum Gasteiger partial charge on any atom is -0.382 e. The van der Waals surface area contributed by atoms with E-state index in [2.05, 4.69) is 6.92 Å². The fourth-order valence-corrected chi connectivity index (χ4v) is 0.995. The van der Waals surface area contributed by atoms with Gasteiger partial charge in [-0.25, -0.2) is 0 Å². The highest BCUT2D eigenvalue weighted by atomic mass is 16.5. The van der Waals surface area contributed by atoms with Crippen molar-refractivity contribution in [3.8, 4) is 0 Å². The van der Waals surface area contributed by atoms with Gasteiger partial charge in [-0.1, -0.05) is 12.8 Å². The van der Waals surface area contributed by atoms with Crippen LogP contribution in [-0.2, 0) is 4.74 Å². The minimum absolute atomic E-state index is 0.477. The quantitative estimate of drug-likeness (QED) is 0.564. The third-order valence-electron chi connectivity index (χ3n) is 2.08. The topological polar surface area (TPSA) is 9.23 Å². The highest BCUT2D eigenvalue weighted by Gasteiger charge is 2.21. The van der Waals surface area contributed by atoms with Crippen LogP contribution < -0.4 is 0 Å². The summed E-state index contributed by atoms with van der Waals surface area (Å²) in [5.74, 6) is 1.06. The Bertz CT molecular complexity index is 76.6. The molecular weight excluding hydrogens is 112 g/mol. The molecule has 1 unspecified atom stereocenters. The molecule has 0 aromatic rings. The van der Waals surface area contributed by atoms with Crippen LogP contribution in [0.3, 0.4) is 0 Å². The van der Waals surface area contributed by atoms with Crippen molar-refractivity contribution >= 4 is 0 Å². The minimum atomic E-state index is 0.477. The highest BCUT2D eigenvalue weighted by Crippen LogP contribution is 2.33. The fraction of sp³-hybridized carbons (Fsp3) is 1.00. The summed E-state index contributed by atoms with van der Waals surface area (Å²) < 4.78 is 5.13. The van der Waals surface area contributed by atoms with Crippen molar-refractivity contribution in [3.63, 3.8) is 0 Å². The molecule has 0 radical (unpaired) electrons. The third-order valence-corrected chi connectivity index (χ3v) is 2.08. The highest BCUT2D eigenvalue weighted by molar-refractivity contribution is 4.73. The van der Waals surface area contributed by atoms with Crippen molar-refractivity contribution in [1.29, 1.82) is 0 Å².